The Kier molecular flexibility index (Phi) is 3.00. The molecule has 6 heteroatoms. The summed E-state index contributed by atoms with van der Waals surface area (Å²) < 4.78 is 0. The van der Waals surface area contributed by atoms with E-state index in [1.54, 1.807) is 12.4 Å². The van der Waals surface area contributed by atoms with Crippen LogP contribution in [0.25, 0.3) is 0 Å². The van der Waals surface area contributed by atoms with E-state index in [1.165, 1.54) is 18.1 Å². The number of aryl methyl sites for hydroxylation is 1. The van der Waals surface area contributed by atoms with Gasteiger partial charge in [0, 0.05) is 18.0 Å². The zero-order chi connectivity index (χ0) is 11.5. The molecule has 0 aromatic carbocycles. The summed E-state index contributed by atoms with van der Waals surface area (Å²) in [7, 11) is 0. The van der Waals surface area contributed by atoms with Gasteiger partial charge in [0.1, 0.15) is 17.2 Å². The molecule has 0 amide bonds. The van der Waals surface area contributed by atoms with Crippen LogP contribution in [0.5, 0.6) is 0 Å². The summed E-state index contributed by atoms with van der Waals surface area (Å²) in [6.45, 7) is 3.83. The molecule has 2 rings (SSSR count). The average molecular weight is 233 g/mol. The highest BCUT2D eigenvalue weighted by molar-refractivity contribution is 7.99. The summed E-state index contributed by atoms with van der Waals surface area (Å²) in [5.41, 5.74) is 7.58. The van der Waals surface area contributed by atoms with Crippen LogP contribution in [0.15, 0.2) is 28.9 Å². The Labute approximate surface area is 97.6 Å². The lowest BCUT2D eigenvalue weighted by Crippen LogP contribution is -1.98. The monoisotopic (exact) mass is 233 g/mol. The molecule has 2 N–H and O–H groups in total. The lowest BCUT2D eigenvalue weighted by molar-refractivity contribution is 0.936. The molecule has 0 aliphatic rings. The van der Waals surface area contributed by atoms with Crippen LogP contribution in [-0.4, -0.2) is 19.9 Å². The minimum absolute atomic E-state index is 0.490. The lowest BCUT2D eigenvalue weighted by atomic mass is 10.4. The molecule has 0 saturated carbocycles. The fourth-order valence-electron chi connectivity index (χ4n) is 1.07. The summed E-state index contributed by atoms with van der Waals surface area (Å²) in [5, 5.41) is 1.45. The van der Waals surface area contributed by atoms with Crippen molar-refractivity contribution in [2.24, 2.45) is 0 Å². The number of nitrogens with two attached hydrogens (primary N) is 1. The van der Waals surface area contributed by atoms with Crippen molar-refractivity contribution >= 4 is 17.6 Å². The molecule has 82 valence electrons. The van der Waals surface area contributed by atoms with Crippen LogP contribution >= 0.6 is 11.8 Å². The molecular formula is C10H11N5S. The zero-order valence-corrected chi connectivity index (χ0v) is 9.82. The molecule has 5 nitrogen and oxygen atoms in total. The van der Waals surface area contributed by atoms with E-state index >= 15 is 0 Å². The topological polar surface area (TPSA) is 77.6 Å². The van der Waals surface area contributed by atoms with Gasteiger partial charge in [-0.3, -0.25) is 0 Å². The van der Waals surface area contributed by atoms with Crippen LogP contribution in [0.1, 0.15) is 11.1 Å². The maximum Gasteiger partial charge on any atom is 0.193 e. The normalized spacial score (nSPS) is 10.4. The Hall–Kier alpha value is -1.69. The van der Waals surface area contributed by atoms with Crippen molar-refractivity contribution in [2.75, 3.05) is 5.73 Å². The third kappa shape index (κ3) is 2.27. The van der Waals surface area contributed by atoms with Gasteiger partial charge in [0.25, 0.3) is 0 Å². The highest BCUT2D eigenvalue weighted by atomic mass is 32.2. The first-order valence-corrected chi connectivity index (χ1v) is 5.52. The van der Waals surface area contributed by atoms with Crippen molar-refractivity contribution < 1.29 is 0 Å². The Morgan fingerprint density at radius 2 is 1.75 bits per heavy atom. The van der Waals surface area contributed by atoms with Gasteiger partial charge in [0.2, 0.25) is 0 Å². The van der Waals surface area contributed by atoms with Gasteiger partial charge in [-0.15, -0.1) is 0 Å². The number of rotatable bonds is 2. The van der Waals surface area contributed by atoms with Gasteiger partial charge >= 0.3 is 0 Å². The smallest absolute Gasteiger partial charge is 0.193 e. The first-order chi connectivity index (χ1) is 7.66. The van der Waals surface area contributed by atoms with Crippen LogP contribution < -0.4 is 5.73 Å². The van der Waals surface area contributed by atoms with E-state index in [0.29, 0.717) is 11.0 Å². The molecule has 0 radical (unpaired) electrons. The Morgan fingerprint density at radius 1 is 1.06 bits per heavy atom. The Bertz CT molecular complexity index is 497. The third-order valence-electron chi connectivity index (χ3n) is 2.02. The SMILES string of the molecule is Cc1cnc(Sc2ncnc(N)c2C)nc1. The van der Waals surface area contributed by atoms with Gasteiger partial charge in [-0.05, 0) is 31.2 Å². The molecular weight excluding hydrogens is 222 g/mol. The molecule has 2 heterocycles. The predicted molar refractivity (Wildman–Crippen MR) is 62.1 cm³/mol. The van der Waals surface area contributed by atoms with E-state index in [4.69, 9.17) is 5.73 Å². The largest absolute Gasteiger partial charge is 0.383 e. The summed E-state index contributed by atoms with van der Waals surface area (Å²) in [4.78, 5) is 16.4. The Balaban J connectivity index is 2.27. The highest BCUT2D eigenvalue weighted by Gasteiger charge is 2.07. The third-order valence-corrected chi connectivity index (χ3v) is 3.02. The standard InChI is InChI=1S/C10H11N5S/c1-6-3-12-10(13-4-6)16-9-7(2)8(11)14-5-15-9/h3-5H,1-2H3,(H2,11,14,15). The van der Waals surface area contributed by atoms with Crippen molar-refractivity contribution in [2.45, 2.75) is 24.0 Å². The van der Waals surface area contributed by atoms with Crippen LogP contribution in [0.3, 0.4) is 0 Å². The zero-order valence-electron chi connectivity index (χ0n) is 9.01. The van der Waals surface area contributed by atoms with Gasteiger partial charge < -0.3 is 5.73 Å². The van der Waals surface area contributed by atoms with Gasteiger partial charge in [-0.25, -0.2) is 19.9 Å². The number of aromatic nitrogens is 4. The molecule has 0 aliphatic heterocycles. The lowest BCUT2D eigenvalue weighted by Gasteiger charge is -2.04. The van der Waals surface area contributed by atoms with Crippen LogP contribution in [0.2, 0.25) is 0 Å². The Morgan fingerprint density at radius 3 is 2.44 bits per heavy atom. The number of nitrogens with zero attached hydrogens (tertiary/aromatic N) is 4. The van der Waals surface area contributed by atoms with E-state index in [2.05, 4.69) is 19.9 Å². The summed E-state index contributed by atoms with van der Waals surface area (Å²) in [5.74, 6) is 0.490. The number of hydrogen-bond acceptors (Lipinski definition) is 6. The molecule has 0 saturated heterocycles. The summed E-state index contributed by atoms with van der Waals surface area (Å²) in [6.07, 6.45) is 4.99. The molecule has 16 heavy (non-hydrogen) atoms. The predicted octanol–water partition coefficient (Wildman–Crippen LogP) is 1.62. The fourth-order valence-corrected chi connectivity index (χ4v) is 1.81. The van der Waals surface area contributed by atoms with Crippen molar-refractivity contribution in [1.82, 2.24) is 19.9 Å². The minimum Gasteiger partial charge on any atom is -0.383 e. The molecule has 2 aromatic heterocycles. The first-order valence-electron chi connectivity index (χ1n) is 4.70. The van der Waals surface area contributed by atoms with Gasteiger partial charge in [-0.1, -0.05) is 0 Å². The molecule has 2 aromatic rings. The second kappa shape index (κ2) is 4.44. The van der Waals surface area contributed by atoms with E-state index in [-0.39, 0.29) is 0 Å². The number of anilines is 1. The van der Waals surface area contributed by atoms with E-state index in [9.17, 15) is 0 Å². The maximum absolute atomic E-state index is 5.69. The minimum atomic E-state index is 0.490. The van der Waals surface area contributed by atoms with E-state index in [0.717, 1.165) is 16.2 Å². The average Bonchev–Trinajstić information content (AvgIpc) is 2.28. The quantitative estimate of drug-likeness (QED) is 0.627. The molecule has 0 spiro atoms. The molecule has 0 fully saturated rings. The van der Waals surface area contributed by atoms with E-state index < -0.39 is 0 Å². The summed E-state index contributed by atoms with van der Waals surface area (Å²) in [6, 6.07) is 0. The molecule has 0 unspecified atom stereocenters. The second-order valence-electron chi connectivity index (χ2n) is 3.33. The molecule has 0 aliphatic carbocycles. The highest BCUT2D eigenvalue weighted by Crippen LogP contribution is 2.26. The van der Waals surface area contributed by atoms with Gasteiger partial charge in [0.05, 0.1) is 0 Å². The van der Waals surface area contributed by atoms with Crippen molar-refractivity contribution in [3.05, 3.63) is 29.8 Å². The fraction of sp³-hybridized carbons (Fsp3) is 0.200. The summed E-state index contributed by atoms with van der Waals surface area (Å²) >= 11 is 1.38. The van der Waals surface area contributed by atoms with Crippen molar-refractivity contribution in [3.63, 3.8) is 0 Å². The second-order valence-corrected chi connectivity index (χ2v) is 4.29. The van der Waals surface area contributed by atoms with Gasteiger partial charge in [-0.2, -0.15) is 0 Å². The van der Waals surface area contributed by atoms with Crippen molar-refractivity contribution in [1.29, 1.82) is 0 Å². The number of nitrogen functional groups attached to an aromatic ring is 1. The maximum atomic E-state index is 5.69. The van der Waals surface area contributed by atoms with Crippen LogP contribution in [0, 0.1) is 13.8 Å². The molecule has 0 bridgehead atoms. The van der Waals surface area contributed by atoms with E-state index in [1.807, 2.05) is 13.8 Å². The van der Waals surface area contributed by atoms with Crippen LogP contribution in [-0.2, 0) is 0 Å². The van der Waals surface area contributed by atoms with Crippen LogP contribution in [0.4, 0.5) is 5.82 Å². The number of hydrogen-bond donors (Lipinski definition) is 1. The first kappa shape index (κ1) is 10.8. The van der Waals surface area contributed by atoms with Gasteiger partial charge in [0.15, 0.2) is 5.16 Å². The van der Waals surface area contributed by atoms with Crippen molar-refractivity contribution in [3.8, 4) is 0 Å². The molecule has 0 atom stereocenters.